The number of hydrogen-bond acceptors (Lipinski definition) is 6. The molecule has 1 heterocycles. The van der Waals surface area contributed by atoms with Crippen LogP contribution in [0.25, 0.3) is 0 Å². The number of nitriles is 1. The van der Waals surface area contributed by atoms with Gasteiger partial charge in [-0.05, 0) is 35.9 Å². The van der Waals surface area contributed by atoms with Crippen molar-refractivity contribution in [2.75, 3.05) is 25.3 Å². The molecule has 0 saturated carbocycles. The zero-order valence-electron chi connectivity index (χ0n) is 17.2. The lowest BCUT2D eigenvalue weighted by atomic mass is 9.87. The van der Waals surface area contributed by atoms with Crippen LogP contribution in [0.3, 0.4) is 0 Å². The molecule has 2 amide bonds. The lowest BCUT2D eigenvalue weighted by Gasteiger charge is -2.25. The van der Waals surface area contributed by atoms with Gasteiger partial charge in [-0.25, -0.2) is 0 Å². The number of hydrogen-bond donors (Lipinski definition) is 2. The number of amides is 2. The van der Waals surface area contributed by atoms with Gasteiger partial charge in [-0.2, -0.15) is 5.26 Å². The first-order valence-corrected chi connectivity index (χ1v) is 11.1. The zero-order chi connectivity index (χ0) is 23.3. The van der Waals surface area contributed by atoms with Gasteiger partial charge in [-0.1, -0.05) is 41.0 Å². The molecule has 0 saturated heterocycles. The van der Waals surface area contributed by atoms with Gasteiger partial charge in [-0.15, -0.1) is 0 Å². The summed E-state index contributed by atoms with van der Waals surface area (Å²) in [4.78, 5) is 24.7. The van der Waals surface area contributed by atoms with Crippen molar-refractivity contribution in [3.8, 4) is 17.6 Å². The second-order valence-corrected chi connectivity index (χ2v) is 8.63. The Labute approximate surface area is 199 Å². The number of halogens is 2. The van der Waals surface area contributed by atoms with E-state index in [2.05, 4.69) is 16.7 Å². The summed E-state index contributed by atoms with van der Waals surface area (Å²) >= 11 is 13.0. The maximum Gasteiger partial charge on any atom is 0.234 e. The van der Waals surface area contributed by atoms with Crippen molar-refractivity contribution in [2.24, 2.45) is 0 Å². The van der Waals surface area contributed by atoms with E-state index in [1.807, 2.05) is 0 Å². The quantitative estimate of drug-likeness (QED) is 0.580. The number of nitrogens with one attached hydrogen (secondary N) is 2. The number of nitrogens with zero attached hydrogens (tertiary/aromatic N) is 1. The van der Waals surface area contributed by atoms with Crippen LogP contribution in [0.5, 0.6) is 11.5 Å². The highest BCUT2D eigenvalue weighted by Gasteiger charge is 2.30. The largest absolute Gasteiger partial charge is 0.493 e. The maximum atomic E-state index is 12.4. The summed E-state index contributed by atoms with van der Waals surface area (Å²) in [6, 6.07) is 12.2. The fourth-order valence-electron chi connectivity index (χ4n) is 3.25. The van der Waals surface area contributed by atoms with Crippen molar-refractivity contribution >= 4 is 52.5 Å². The van der Waals surface area contributed by atoms with Crippen molar-refractivity contribution in [2.45, 2.75) is 12.3 Å². The fraction of sp³-hybridized carbons (Fsp3) is 0.227. The average Bonchev–Trinajstić information content (AvgIpc) is 2.76. The van der Waals surface area contributed by atoms with Gasteiger partial charge in [0.2, 0.25) is 11.8 Å². The molecule has 7 nitrogen and oxygen atoms in total. The minimum absolute atomic E-state index is 0.0242. The minimum Gasteiger partial charge on any atom is -0.493 e. The van der Waals surface area contributed by atoms with Crippen LogP contribution in [0.2, 0.25) is 10.0 Å². The number of benzene rings is 2. The van der Waals surface area contributed by atoms with Crippen LogP contribution >= 0.6 is 35.0 Å². The molecule has 0 fully saturated rings. The summed E-state index contributed by atoms with van der Waals surface area (Å²) < 4.78 is 10.6. The Morgan fingerprint density at radius 3 is 2.50 bits per heavy atom. The number of allylic oxidation sites excluding steroid dienone is 1. The highest BCUT2D eigenvalue weighted by molar-refractivity contribution is 8.03. The Morgan fingerprint density at radius 1 is 1.19 bits per heavy atom. The van der Waals surface area contributed by atoms with Crippen molar-refractivity contribution in [3.05, 3.63) is 62.6 Å². The van der Waals surface area contributed by atoms with Crippen LogP contribution in [-0.2, 0) is 9.59 Å². The van der Waals surface area contributed by atoms with E-state index in [-0.39, 0.29) is 24.0 Å². The van der Waals surface area contributed by atoms with E-state index in [4.69, 9.17) is 32.7 Å². The van der Waals surface area contributed by atoms with Gasteiger partial charge in [0.25, 0.3) is 0 Å². The maximum absolute atomic E-state index is 12.4. The van der Waals surface area contributed by atoms with Gasteiger partial charge >= 0.3 is 0 Å². The van der Waals surface area contributed by atoms with Crippen LogP contribution in [0.15, 0.2) is 47.0 Å². The predicted molar refractivity (Wildman–Crippen MR) is 125 cm³/mol. The fourth-order valence-corrected chi connectivity index (χ4v) is 4.65. The second kappa shape index (κ2) is 10.6. The Morgan fingerprint density at radius 2 is 1.88 bits per heavy atom. The average molecular weight is 492 g/mol. The summed E-state index contributed by atoms with van der Waals surface area (Å²) in [6.07, 6.45) is 0.107. The topological polar surface area (TPSA) is 100 Å². The molecule has 1 atom stereocenters. The minimum atomic E-state index is -0.467. The molecule has 1 aliphatic heterocycles. The molecule has 0 spiro atoms. The third kappa shape index (κ3) is 5.68. The van der Waals surface area contributed by atoms with Crippen molar-refractivity contribution in [3.63, 3.8) is 0 Å². The van der Waals surface area contributed by atoms with Crippen molar-refractivity contribution in [1.29, 1.82) is 5.26 Å². The van der Waals surface area contributed by atoms with Crippen LogP contribution in [0.4, 0.5) is 5.69 Å². The molecule has 2 aromatic carbocycles. The van der Waals surface area contributed by atoms with Gasteiger partial charge in [0.1, 0.15) is 0 Å². The third-order valence-corrected chi connectivity index (χ3v) is 6.11. The van der Waals surface area contributed by atoms with Gasteiger partial charge in [0, 0.05) is 28.1 Å². The Balaban J connectivity index is 1.80. The molecule has 0 radical (unpaired) electrons. The Kier molecular flexibility index (Phi) is 7.91. The van der Waals surface area contributed by atoms with E-state index in [1.165, 1.54) is 14.2 Å². The molecule has 3 rings (SSSR count). The Bertz CT molecular complexity index is 1110. The summed E-state index contributed by atoms with van der Waals surface area (Å²) in [5.74, 6) is -0.0166. The van der Waals surface area contributed by atoms with E-state index in [0.29, 0.717) is 37.8 Å². The summed E-state index contributed by atoms with van der Waals surface area (Å²) in [6.45, 7) is 0. The second-order valence-electron chi connectivity index (χ2n) is 6.77. The van der Waals surface area contributed by atoms with Crippen LogP contribution in [0.1, 0.15) is 17.9 Å². The predicted octanol–water partition coefficient (Wildman–Crippen LogP) is 4.72. The van der Waals surface area contributed by atoms with E-state index in [9.17, 15) is 14.9 Å². The van der Waals surface area contributed by atoms with Crippen molar-refractivity contribution < 1.29 is 19.1 Å². The Hall–Kier alpha value is -2.86. The molecule has 1 aliphatic rings. The molecule has 2 N–H and O–H groups in total. The smallest absolute Gasteiger partial charge is 0.234 e. The highest BCUT2D eigenvalue weighted by atomic mass is 35.5. The first kappa shape index (κ1) is 23.8. The van der Waals surface area contributed by atoms with Crippen LogP contribution in [-0.4, -0.2) is 31.8 Å². The monoisotopic (exact) mass is 491 g/mol. The molecule has 0 unspecified atom stereocenters. The normalized spacial score (nSPS) is 15.6. The molecular weight excluding hydrogens is 473 g/mol. The van der Waals surface area contributed by atoms with E-state index in [1.54, 1.807) is 36.4 Å². The summed E-state index contributed by atoms with van der Waals surface area (Å²) in [5, 5.41) is 16.4. The van der Waals surface area contributed by atoms with E-state index in [0.717, 1.165) is 17.3 Å². The standard InChI is InChI=1S/C22H19Cl2N3O4S/c1-30-18-4-3-12(5-19(18)31-2)16-9-20(28)27-22(17(16)10-25)32-11-21(29)26-15-7-13(23)6-14(24)8-15/h3-8,16H,9,11H2,1-2H3,(H,26,29)(H,27,28)/t16-/m1/s1. The lowest BCUT2D eigenvalue weighted by Crippen LogP contribution is -2.31. The molecule has 0 aliphatic carbocycles. The number of methoxy groups -OCH3 is 2. The van der Waals surface area contributed by atoms with Gasteiger partial charge in [0.05, 0.1) is 36.6 Å². The highest BCUT2D eigenvalue weighted by Crippen LogP contribution is 2.39. The molecular formula is C22H19Cl2N3O4S. The molecule has 2 aromatic rings. The number of anilines is 1. The number of carbonyl (C=O) groups excluding carboxylic acids is 2. The van der Waals surface area contributed by atoms with Gasteiger partial charge in [-0.3, -0.25) is 9.59 Å². The molecule has 166 valence electrons. The van der Waals surface area contributed by atoms with Crippen molar-refractivity contribution in [1.82, 2.24) is 5.32 Å². The van der Waals surface area contributed by atoms with Gasteiger partial charge in [0.15, 0.2) is 11.5 Å². The van der Waals surface area contributed by atoms with Gasteiger partial charge < -0.3 is 20.1 Å². The molecule has 32 heavy (non-hydrogen) atoms. The van der Waals surface area contributed by atoms with Crippen LogP contribution < -0.4 is 20.1 Å². The molecule has 0 bridgehead atoms. The molecule has 10 heteroatoms. The number of thioether (sulfide) groups is 1. The number of rotatable bonds is 7. The zero-order valence-corrected chi connectivity index (χ0v) is 19.5. The molecule has 0 aromatic heterocycles. The first-order valence-electron chi connectivity index (χ1n) is 9.39. The number of ether oxygens (including phenoxy) is 2. The van der Waals surface area contributed by atoms with E-state index < -0.39 is 5.92 Å². The third-order valence-electron chi connectivity index (χ3n) is 4.66. The first-order chi connectivity index (χ1) is 15.3. The number of carbonyl (C=O) groups is 2. The lowest BCUT2D eigenvalue weighted by molar-refractivity contribution is -0.121. The summed E-state index contributed by atoms with van der Waals surface area (Å²) in [7, 11) is 3.05. The summed E-state index contributed by atoms with van der Waals surface area (Å²) in [5.41, 5.74) is 1.57. The SMILES string of the molecule is COc1ccc([C@H]2CC(=O)NC(SCC(=O)Nc3cc(Cl)cc(Cl)c3)=C2C#N)cc1OC. The van der Waals surface area contributed by atoms with Crippen LogP contribution in [0, 0.1) is 11.3 Å². The van der Waals surface area contributed by atoms with E-state index >= 15 is 0 Å².